The van der Waals surface area contributed by atoms with Gasteiger partial charge >= 0.3 is 0 Å². The molecule has 1 aliphatic rings. The van der Waals surface area contributed by atoms with Crippen molar-refractivity contribution in [2.24, 2.45) is 0 Å². The Bertz CT molecular complexity index is 400. The topological polar surface area (TPSA) is 33.7 Å². The fourth-order valence-electron chi connectivity index (χ4n) is 2.95. The monoisotopic (exact) mass is 292 g/mol. The van der Waals surface area contributed by atoms with Crippen LogP contribution < -0.4 is 10.1 Å². The summed E-state index contributed by atoms with van der Waals surface area (Å²) in [6, 6.07) is 8.71. The quantitative estimate of drug-likeness (QED) is 0.837. The maximum Gasteiger partial charge on any atom is 0.118 e. The van der Waals surface area contributed by atoms with E-state index in [-0.39, 0.29) is 0 Å². The largest absolute Gasteiger partial charge is 0.497 e. The van der Waals surface area contributed by atoms with Crippen molar-refractivity contribution < 1.29 is 9.47 Å². The summed E-state index contributed by atoms with van der Waals surface area (Å²) in [5.41, 5.74) is 1.31. The standard InChI is InChI=1S/C17H28N2O2/c1-4-21-16-9-11-19(12-10-16)13-17(18-2)14-5-7-15(20-3)8-6-14/h5-8,16-18H,4,9-13H2,1-3H3. The molecule has 1 aromatic rings. The first-order valence-electron chi connectivity index (χ1n) is 7.92. The number of rotatable bonds is 7. The van der Waals surface area contributed by atoms with E-state index in [9.17, 15) is 0 Å². The molecule has 4 nitrogen and oxygen atoms in total. The Labute approximate surface area is 128 Å². The van der Waals surface area contributed by atoms with E-state index in [1.54, 1.807) is 7.11 Å². The summed E-state index contributed by atoms with van der Waals surface area (Å²) in [6.45, 7) is 6.20. The van der Waals surface area contributed by atoms with Gasteiger partial charge in [-0.2, -0.15) is 0 Å². The molecule has 0 amide bonds. The van der Waals surface area contributed by atoms with Crippen LogP contribution in [0.5, 0.6) is 5.75 Å². The number of methoxy groups -OCH3 is 1. The molecule has 1 atom stereocenters. The number of piperidine rings is 1. The van der Waals surface area contributed by atoms with Crippen molar-refractivity contribution in [3.05, 3.63) is 29.8 Å². The smallest absolute Gasteiger partial charge is 0.118 e. The van der Waals surface area contributed by atoms with Crippen LogP contribution in [0, 0.1) is 0 Å². The van der Waals surface area contributed by atoms with E-state index >= 15 is 0 Å². The summed E-state index contributed by atoms with van der Waals surface area (Å²) in [7, 11) is 3.73. The maximum atomic E-state index is 5.72. The van der Waals surface area contributed by atoms with Gasteiger partial charge in [-0.05, 0) is 44.5 Å². The van der Waals surface area contributed by atoms with Crippen LogP contribution in [-0.4, -0.2) is 51.4 Å². The molecule has 1 unspecified atom stereocenters. The molecule has 0 spiro atoms. The maximum absolute atomic E-state index is 5.72. The van der Waals surface area contributed by atoms with E-state index in [2.05, 4.69) is 29.3 Å². The molecule has 21 heavy (non-hydrogen) atoms. The predicted molar refractivity (Wildman–Crippen MR) is 85.9 cm³/mol. The molecule has 2 rings (SSSR count). The molecule has 0 radical (unpaired) electrons. The van der Waals surface area contributed by atoms with Gasteiger partial charge in [-0.3, -0.25) is 0 Å². The van der Waals surface area contributed by atoms with Gasteiger partial charge in [-0.1, -0.05) is 12.1 Å². The van der Waals surface area contributed by atoms with Crippen LogP contribution in [0.4, 0.5) is 0 Å². The summed E-state index contributed by atoms with van der Waals surface area (Å²) in [6.07, 6.45) is 2.75. The number of ether oxygens (including phenoxy) is 2. The number of nitrogens with one attached hydrogen (secondary N) is 1. The minimum absolute atomic E-state index is 0.361. The third-order valence-corrected chi connectivity index (χ3v) is 4.24. The third-order valence-electron chi connectivity index (χ3n) is 4.24. The SMILES string of the molecule is CCOC1CCN(CC(NC)c2ccc(OC)cc2)CC1. The lowest BCUT2D eigenvalue weighted by Gasteiger charge is -2.34. The third kappa shape index (κ3) is 4.70. The molecule has 0 bridgehead atoms. The molecule has 1 aromatic carbocycles. The Morgan fingerprint density at radius 1 is 1.24 bits per heavy atom. The van der Waals surface area contributed by atoms with E-state index in [1.165, 1.54) is 5.56 Å². The van der Waals surface area contributed by atoms with Crippen molar-refractivity contribution >= 4 is 0 Å². The number of likely N-dealkylation sites (tertiary alicyclic amines) is 1. The highest BCUT2D eigenvalue weighted by molar-refractivity contribution is 5.29. The van der Waals surface area contributed by atoms with Crippen LogP contribution in [0.2, 0.25) is 0 Å². The zero-order valence-corrected chi connectivity index (χ0v) is 13.5. The van der Waals surface area contributed by atoms with Crippen molar-refractivity contribution in [2.75, 3.05) is 40.4 Å². The second-order valence-electron chi connectivity index (χ2n) is 5.57. The number of benzene rings is 1. The van der Waals surface area contributed by atoms with Gasteiger partial charge in [-0.15, -0.1) is 0 Å². The molecule has 1 N–H and O–H groups in total. The van der Waals surface area contributed by atoms with Crippen LogP contribution in [0.1, 0.15) is 31.4 Å². The fourth-order valence-corrected chi connectivity index (χ4v) is 2.95. The van der Waals surface area contributed by atoms with Crippen LogP contribution in [0.3, 0.4) is 0 Å². The zero-order valence-electron chi connectivity index (χ0n) is 13.5. The lowest BCUT2D eigenvalue weighted by molar-refractivity contribution is 0.0125. The highest BCUT2D eigenvalue weighted by Crippen LogP contribution is 2.21. The summed E-state index contributed by atoms with van der Waals surface area (Å²) in [5, 5.41) is 3.43. The average Bonchev–Trinajstić information content (AvgIpc) is 2.54. The first kappa shape index (κ1) is 16.3. The van der Waals surface area contributed by atoms with Gasteiger partial charge in [0.2, 0.25) is 0 Å². The molecule has 0 saturated carbocycles. The number of hydrogen-bond donors (Lipinski definition) is 1. The van der Waals surface area contributed by atoms with Crippen LogP contribution >= 0.6 is 0 Å². The van der Waals surface area contributed by atoms with Gasteiger partial charge in [0.15, 0.2) is 0 Å². The molecule has 118 valence electrons. The van der Waals surface area contributed by atoms with Crippen molar-refractivity contribution in [3.63, 3.8) is 0 Å². The Balaban J connectivity index is 1.87. The molecular formula is C17H28N2O2. The van der Waals surface area contributed by atoms with Gasteiger partial charge in [0.25, 0.3) is 0 Å². The zero-order chi connectivity index (χ0) is 15.1. The average molecular weight is 292 g/mol. The summed E-state index contributed by atoms with van der Waals surface area (Å²) >= 11 is 0. The summed E-state index contributed by atoms with van der Waals surface area (Å²) in [5.74, 6) is 0.908. The Hall–Kier alpha value is -1.10. The minimum atomic E-state index is 0.361. The molecule has 1 saturated heterocycles. The van der Waals surface area contributed by atoms with Crippen LogP contribution in [0.15, 0.2) is 24.3 Å². The lowest BCUT2D eigenvalue weighted by atomic mass is 10.0. The molecule has 1 aliphatic heterocycles. The van der Waals surface area contributed by atoms with Gasteiger partial charge in [0, 0.05) is 32.3 Å². The molecular weight excluding hydrogens is 264 g/mol. The van der Waals surface area contributed by atoms with Crippen LogP contribution in [-0.2, 0) is 4.74 Å². The van der Waals surface area contributed by atoms with Gasteiger partial charge < -0.3 is 19.7 Å². The normalized spacial score (nSPS) is 18.6. The number of likely N-dealkylation sites (N-methyl/N-ethyl adjacent to an activating group) is 1. The van der Waals surface area contributed by atoms with Crippen molar-refractivity contribution in [1.82, 2.24) is 10.2 Å². The predicted octanol–water partition coefficient (Wildman–Crippen LogP) is 2.46. The lowest BCUT2D eigenvalue weighted by Crippen LogP contribution is -2.41. The minimum Gasteiger partial charge on any atom is -0.497 e. The summed E-state index contributed by atoms with van der Waals surface area (Å²) in [4.78, 5) is 2.53. The van der Waals surface area contributed by atoms with Crippen molar-refractivity contribution in [3.8, 4) is 5.75 Å². The Morgan fingerprint density at radius 2 is 1.90 bits per heavy atom. The van der Waals surface area contributed by atoms with Gasteiger partial charge in [0.1, 0.15) is 5.75 Å². The molecule has 0 aliphatic carbocycles. The van der Waals surface area contributed by atoms with Crippen molar-refractivity contribution in [1.29, 1.82) is 0 Å². The van der Waals surface area contributed by atoms with E-state index in [0.29, 0.717) is 12.1 Å². The van der Waals surface area contributed by atoms with Crippen LogP contribution in [0.25, 0.3) is 0 Å². The first-order chi connectivity index (χ1) is 10.3. The molecule has 1 fully saturated rings. The summed E-state index contributed by atoms with van der Waals surface area (Å²) < 4.78 is 10.9. The Kier molecular flexibility index (Phi) is 6.49. The first-order valence-corrected chi connectivity index (χ1v) is 7.92. The molecule has 4 heteroatoms. The van der Waals surface area contributed by atoms with E-state index in [4.69, 9.17) is 9.47 Å². The van der Waals surface area contributed by atoms with Gasteiger partial charge in [0.05, 0.1) is 13.2 Å². The number of nitrogens with zero attached hydrogens (tertiary/aromatic N) is 1. The van der Waals surface area contributed by atoms with E-state index < -0.39 is 0 Å². The van der Waals surface area contributed by atoms with E-state index in [1.807, 2.05) is 19.2 Å². The van der Waals surface area contributed by atoms with Crippen molar-refractivity contribution in [2.45, 2.75) is 31.9 Å². The van der Waals surface area contributed by atoms with Gasteiger partial charge in [-0.25, -0.2) is 0 Å². The second-order valence-corrected chi connectivity index (χ2v) is 5.57. The highest BCUT2D eigenvalue weighted by atomic mass is 16.5. The number of hydrogen-bond acceptors (Lipinski definition) is 4. The fraction of sp³-hybridized carbons (Fsp3) is 0.647. The molecule has 0 aromatic heterocycles. The second kappa shape index (κ2) is 8.37. The Morgan fingerprint density at radius 3 is 2.43 bits per heavy atom. The highest BCUT2D eigenvalue weighted by Gasteiger charge is 2.21. The molecule has 1 heterocycles. The van der Waals surface area contributed by atoms with E-state index in [0.717, 1.165) is 44.8 Å².